The third kappa shape index (κ3) is 5.66. The number of fused-ring (bicyclic) bond motifs is 1. The van der Waals surface area contributed by atoms with Gasteiger partial charge in [0, 0.05) is 30.1 Å². The molecule has 0 spiro atoms. The van der Waals surface area contributed by atoms with Gasteiger partial charge in [0.2, 0.25) is 5.91 Å². The lowest BCUT2D eigenvalue weighted by atomic mass is 10.1. The SMILES string of the molecule is CC.CC(C)C(=O)NCc1ccccc1NCc1cc(Cl)nc2c(F)c(F)ccc12. The number of rotatable bonds is 6. The van der Waals surface area contributed by atoms with Gasteiger partial charge in [-0.3, -0.25) is 4.79 Å². The van der Waals surface area contributed by atoms with Gasteiger partial charge in [0.25, 0.3) is 0 Å². The van der Waals surface area contributed by atoms with E-state index in [0.29, 0.717) is 24.0 Å². The number of amides is 1. The molecular weight excluding hydrogens is 408 g/mol. The molecule has 0 saturated heterocycles. The Morgan fingerprint density at radius 1 is 1.07 bits per heavy atom. The molecule has 0 fully saturated rings. The van der Waals surface area contributed by atoms with E-state index in [1.165, 1.54) is 6.07 Å². The van der Waals surface area contributed by atoms with Crippen LogP contribution in [0.1, 0.15) is 38.8 Å². The molecule has 0 saturated carbocycles. The van der Waals surface area contributed by atoms with Gasteiger partial charge in [-0.15, -0.1) is 0 Å². The maximum atomic E-state index is 14.1. The monoisotopic (exact) mass is 433 g/mol. The predicted molar refractivity (Wildman–Crippen MR) is 118 cm³/mol. The number of nitrogens with one attached hydrogen (secondary N) is 2. The van der Waals surface area contributed by atoms with E-state index in [4.69, 9.17) is 11.6 Å². The van der Waals surface area contributed by atoms with Crippen LogP contribution in [0, 0.1) is 17.6 Å². The number of carbonyl (C=O) groups excluding carboxylic acids is 1. The Morgan fingerprint density at radius 3 is 2.47 bits per heavy atom. The van der Waals surface area contributed by atoms with E-state index in [2.05, 4.69) is 15.6 Å². The Kier molecular flexibility index (Phi) is 8.54. The summed E-state index contributed by atoms with van der Waals surface area (Å²) < 4.78 is 27.6. The minimum absolute atomic E-state index is 0.0285. The van der Waals surface area contributed by atoms with Gasteiger partial charge in [-0.2, -0.15) is 0 Å². The fourth-order valence-corrected chi connectivity index (χ4v) is 3.06. The van der Waals surface area contributed by atoms with Gasteiger partial charge < -0.3 is 10.6 Å². The third-order valence-electron chi connectivity index (χ3n) is 4.39. The van der Waals surface area contributed by atoms with E-state index < -0.39 is 11.6 Å². The standard InChI is InChI=1S/C21H20ClF2N3O.C2H6/c1-12(2)21(28)26-10-13-5-3-4-6-17(13)25-11-14-9-18(22)27-20-15(14)7-8-16(23)19(20)24;1-2/h3-9,12,25H,10-11H2,1-2H3,(H,26,28);1-2H3. The van der Waals surface area contributed by atoms with Crippen molar-refractivity contribution in [3.63, 3.8) is 0 Å². The molecule has 0 aliphatic rings. The number of aromatic nitrogens is 1. The number of para-hydroxylation sites is 1. The fourth-order valence-electron chi connectivity index (χ4n) is 2.84. The molecule has 3 rings (SSSR count). The van der Waals surface area contributed by atoms with Crippen LogP contribution >= 0.6 is 11.6 Å². The molecule has 0 aliphatic carbocycles. The van der Waals surface area contributed by atoms with Crippen molar-refractivity contribution in [1.82, 2.24) is 10.3 Å². The smallest absolute Gasteiger partial charge is 0.222 e. The molecule has 1 aromatic heterocycles. The number of halogens is 3. The average Bonchev–Trinajstić information content (AvgIpc) is 2.75. The Balaban J connectivity index is 0.00000155. The molecule has 1 heterocycles. The van der Waals surface area contributed by atoms with Crippen LogP contribution in [0.2, 0.25) is 5.15 Å². The molecule has 0 aliphatic heterocycles. The summed E-state index contributed by atoms with van der Waals surface area (Å²) in [5.74, 6) is -2.11. The third-order valence-corrected chi connectivity index (χ3v) is 4.58. The summed E-state index contributed by atoms with van der Waals surface area (Å²) in [6, 6.07) is 11.8. The van der Waals surface area contributed by atoms with E-state index in [0.717, 1.165) is 17.3 Å². The maximum absolute atomic E-state index is 14.1. The quantitative estimate of drug-likeness (QED) is 0.463. The Bertz CT molecular complexity index is 1020. The van der Waals surface area contributed by atoms with Crippen molar-refractivity contribution < 1.29 is 13.6 Å². The molecule has 3 aromatic rings. The van der Waals surface area contributed by atoms with Crippen LogP contribution in [-0.2, 0) is 17.9 Å². The minimum Gasteiger partial charge on any atom is -0.381 e. The lowest BCUT2D eigenvalue weighted by molar-refractivity contribution is -0.124. The van der Waals surface area contributed by atoms with Crippen molar-refractivity contribution in [2.24, 2.45) is 5.92 Å². The van der Waals surface area contributed by atoms with E-state index in [9.17, 15) is 13.6 Å². The first-order valence-electron chi connectivity index (χ1n) is 9.89. The molecule has 0 unspecified atom stereocenters. The van der Waals surface area contributed by atoms with Crippen LogP contribution < -0.4 is 10.6 Å². The van der Waals surface area contributed by atoms with E-state index >= 15 is 0 Å². The van der Waals surface area contributed by atoms with E-state index in [1.54, 1.807) is 6.07 Å². The summed E-state index contributed by atoms with van der Waals surface area (Å²) in [4.78, 5) is 15.7. The molecule has 2 aromatic carbocycles. The van der Waals surface area contributed by atoms with Gasteiger partial charge >= 0.3 is 0 Å². The van der Waals surface area contributed by atoms with Crippen molar-refractivity contribution in [1.29, 1.82) is 0 Å². The molecule has 160 valence electrons. The lowest BCUT2D eigenvalue weighted by Crippen LogP contribution is -2.27. The zero-order valence-electron chi connectivity index (χ0n) is 17.5. The zero-order valence-corrected chi connectivity index (χ0v) is 18.3. The highest BCUT2D eigenvalue weighted by molar-refractivity contribution is 6.30. The van der Waals surface area contributed by atoms with Gasteiger partial charge in [-0.05, 0) is 35.4 Å². The predicted octanol–water partition coefficient (Wildman–Crippen LogP) is 6.08. The summed E-state index contributed by atoms with van der Waals surface area (Å²) in [6.45, 7) is 8.39. The van der Waals surface area contributed by atoms with Crippen molar-refractivity contribution in [2.45, 2.75) is 40.8 Å². The number of carbonyl (C=O) groups is 1. The Morgan fingerprint density at radius 2 is 1.77 bits per heavy atom. The molecule has 4 nitrogen and oxygen atoms in total. The summed E-state index contributed by atoms with van der Waals surface area (Å²) in [6.07, 6.45) is 0. The highest BCUT2D eigenvalue weighted by atomic mass is 35.5. The molecule has 0 bridgehead atoms. The van der Waals surface area contributed by atoms with E-state index in [1.807, 2.05) is 52.0 Å². The normalized spacial score (nSPS) is 10.5. The first kappa shape index (κ1) is 23.5. The van der Waals surface area contributed by atoms with Crippen LogP contribution in [0.4, 0.5) is 14.5 Å². The zero-order chi connectivity index (χ0) is 22.3. The van der Waals surface area contributed by atoms with Crippen molar-refractivity contribution in [2.75, 3.05) is 5.32 Å². The summed E-state index contributed by atoms with van der Waals surface area (Å²) in [5, 5.41) is 6.75. The van der Waals surface area contributed by atoms with Gasteiger partial charge in [-0.25, -0.2) is 13.8 Å². The molecule has 30 heavy (non-hydrogen) atoms. The molecule has 0 atom stereocenters. The summed E-state index contributed by atoms with van der Waals surface area (Å²) in [7, 11) is 0. The second-order valence-electron chi connectivity index (χ2n) is 6.74. The van der Waals surface area contributed by atoms with Gasteiger partial charge in [0.15, 0.2) is 11.6 Å². The summed E-state index contributed by atoms with van der Waals surface area (Å²) in [5.41, 5.74) is 2.34. The average molecular weight is 434 g/mol. The highest BCUT2D eigenvalue weighted by Gasteiger charge is 2.13. The molecule has 7 heteroatoms. The number of hydrogen-bond donors (Lipinski definition) is 2. The highest BCUT2D eigenvalue weighted by Crippen LogP contribution is 2.26. The second kappa shape index (κ2) is 10.9. The van der Waals surface area contributed by atoms with Crippen molar-refractivity contribution in [3.05, 3.63) is 70.4 Å². The maximum Gasteiger partial charge on any atom is 0.222 e. The van der Waals surface area contributed by atoms with Gasteiger partial charge in [0.1, 0.15) is 10.7 Å². The van der Waals surface area contributed by atoms with Crippen LogP contribution in [0.15, 0.2) is 42.5 Å². The van der Waals surface area contributed by atoms with Crippen LogP contribution in [0.5, 0.6) is 0 Å². The molecule has 2 N–H and O–H groups in total. The molecular formula is C23H26ClF2N3O. The number of anilines is 1. The number of nitrogens with zero attached hydrogens (tertiary/aromatic N) is 1. The molecule has 0 radical (unpaired) electrons. The van der Waals surface area contributed by atoms with Crippen LogP contribution in [0.3, 0.4) is 0 Å². The van der Waals surface area contributed by atoms with Crippen molar-refractivity contribution >= 4 is 34.1 Å². The topological polar surface area (TPSA) is 54.0 Å². The lowest BCUT2D eigenvalue weighted by Gasteiger charge is -2.15. The number of hydrogen-bond acceptors (Lipinski definition) is 3. The van der Waals surface area contributed by atoms with Crippen molar-refractivity contribution in [3.8, 4) is 0 Å². The number of pyridine rings is 1. The first-order chi connectivity index (χ1) is 14.4. The van der Waals surface area contributed by atoms with Crippen LogP contribution in [0.25, 0.3) is 10.9 Å². The fraction of sp³-hybridized carbons (Fsp3) is 0.304. The Labute approximate surface area is 180 Å². The minimum atomic E-state index is -1.02. The summed E-state index contributed by atoms with van der Waals surface area (Å²) >= 11 is 6.00. The van der Waals surface area contributed by atoms with Gasteiger partial charge in [-0.1, -0.05) is 57.5 Å². The van der Waals surface area contributed by atoms with Crippen LogP contribution in [-0.4, -0.2) is 10.9 Å². The Hall–Kier alpha value is -2.73. The van der Waals surface area contributed by atoms with Gasteiger partial charge in [0.05, 0.1) is 0 Å². The second-order valence-corrected chi connectivity index (χ2v) is 7.13. The van der Waals surface area contributed by atoms with E-state index in [-0.39, 0.29) is 22.5 Å². The number of benzene rings is 2. The molecule has 1 amide bonds. The first-order valence-corrected chi connectivity index (χ1v) is 10.3. The largest absolute Gasteiger partial charge is 0.381 e.